The number of rotatable bonds is 6. The average Bonchev–Trinajstić information content (AvgIpc) is 3.31. The van der Waals surface area contributed by atoms with Crippen LogP contribution in [-0.2, 0) is 0 Å². The van der Waals surface area contributed by atoms with E-state index in [9.17, 15) is 9.90 Å². The van der Waals surface area contributed by atoms with Gasteiger partial charge >= 0.3 is 0 Å². The maximum atomic E-state index is 12.6. The predicted molar refractivity (Wildman–Crippen MR) is 158 cm³/mol. The number of phenols is 1. The minimum atomic E-state index is -0.412. The first-order chi connectivity index (χ1) is 18.0. The molecule has 0 radical (unpaired) electrons. The van der Waals surface area contributed by atoms with E-state index in [0.29, 0.717) is 14.2 Å². The van der Waals surface area contributed by atoms with E-state index >= 15 is 0 Å². The molecule has 1 amide bonds. The van der Waals surface area contributed by atoms with Crippen LogP contribution in [-0.4, -0.2) is 21.8 Å². The molecule has 4 aromatic carbocycles. The largest absolute Gasteiger partial charge is 0.507 e. The van der Waals surface area contributed by atoms with Crippen molar-refractivity contribution in [2.24, 2.45) is 5.10 Å². The second-order valence-corrected chi connectivity index (χ2v) is 9.84. The van der Waals surface area contributed by atoms with Crippen LogP contribution in [0, 0.1) is 3.57 Å². The Balaban J connectivity index is 1.61. The van der Waals surface area contributed by atoms with Crippen LogP contribution in [0.25, 0.3) is 28.2 Å². The molecule has 1 aromatic heterocycles. The van der Waals surface area contributed by atoms with E-state index in [1.165, 1.54) is 6.07 Å². The van der Waals surface area contributed by atoms with Crippen molar-refractivity contribution in [2.45, 2.75) is 0 Å². The van der Waals surface area contributed by atoms with E-state index in [4.69, 9.17) is 11.6 Å². The molecule has 0 fully saturated rings. The fraction of sp³-hybridized carbons (Fsp3) is 0. The van der Waals surface area contributed by atoms with Gasteiger partial charge in [0.05, 0.1) is 21.2 Å². The number of nitrogens with one attached hydrogen (secondary N) is 1. The SMILES string of the molecule is O=C(N/N=C\c1cc(-c2ccccc2)n(-c2ccc(Cl)cc2)c1-c1ccccc1)c1ccc(I)c(O)c1. The highest BCUT2D eigenvalue weighted by atomic mass is 127. The molecule has 0 bridgehead atoms. The van der Waals surface area contributed by atoms with Crippen LogP contribution in [0.3, 0.4) is 0 Å². The van der Waals surface area contributed by atoms with Crippen molar-refractivity contribution in [2.75, 3.05) is 0 Å². The number of hydrogen-bond donors (Lipinski definition) is 2. The fourth-order valence-corrected chi connectivity index (χ4v) is 4.54. The molecule has 0 spiro atoms. The lowest BCUT2D eigenvalue weighted by Crippen LogP contribution is -2.17. The van der Waals surface area contributed by atoms with Gasteiger partial charge < -0.3 is 9.67 Å². The first kappa shape index (κ1) is 24.8. The number of halogens is 2. The molecule has 1 heterocycles. The molecule has 5 nitrogen and oxygen atoms in total. The second-order valence-electron chi connectivity index (χ2n) is 8.24. The van der Waals surface area contributed by atoms with E-state index < -0.39 is 5.91 Å². The lowest BCUT2D eigenvalue weighted by atomic mass is 10.1. The Morgan fingerprint density at radius 2 is 1.51 bits per heavy atom. The third kappa shape index (κ3) is 5.45. The number of phenolic OH excluding ortho intramolecular Hbond substituents is 1. The van der Waals surface area contributed by atoms with Gasteiger partial charge in [-0.05, 0) is 82.2 Å². The molecule has 0 saturated carbocycles. The molecule has 5 aromatic rings. The highest BCUT2D eigenvalue weighted by Crippen LogP contribution is 2.35. The van der Waals surface area contributed by atoms with Gasteiger partial charge in [-0.3, -0.25) is 4.79 Å². The minimum absolute atomic E-state index is 0.0520. The molecule has 0 unspecified atom stereocenters. The van der Waals surface area contributed by atoms with Gasteiger partial charge in [0, 0.05) is 21.8 Å². The molecule has 0 saturated heterocycles. The molecular formula is C30H21ClIN3O2. The zero-order valence-electron chi connectivity index (χ0n) is 19.5. The summed E-state index contributed by atoms with van der Waals surface area (Å²) >= 11 is 8.20. The van der Waals surface area contributed by atoms with Crippen molar-refractivity contribution in [3.05, 3.63) is 129 Å². The molecule has 5 rings (SSSR count). The van der Waals surface area contributed by atoms with Gasteiger partial charge in [0.15, 0.2) is 0 Å². The summed E-state index contributed by atoms with van der Waals surface area (Å²) in [6.45, 7) is 0. The average molecular weight is 618 g/mol. The topological polar surface area (TPSA) is 66.6 Å². The van der Waals surface area contributed by atoms with Crippen molar-refractivity contribution in [1.29, 1.82) is 0 Å². The van der Waals surface area contributed by atoms with Gasteiger partial charge in [-0.2, -0.15) is 5.10 Å². The number of hydrogen-bond acceptors (Lipinski definition) is 3. The number of carbonyl (C=O) groups excluding carboxylic acids is 1. The maximum Gasteiger partial charge on any atom is 0.271 e. The molecule has 182 valence electrons. The van der Waals surface area contributed by atoms with Gasteiger partial charge in [-0.15, -0.1) is 0 Å². The first-order valence-corrected chi connectivity index (χ1v) is 12.9. The second kappa shape index (κ2) is 11.0. The van der Waals surface area contributed by atoms with E-state index in [1.54, 1.807) is 18.3 Å². The summed E-state index contributed by atoms with van der Waals surface area (Å²) in [5.41, 5.74) is 8.59. The molecular weight excluding hydrogens is 597 g/mol. The molecule has 0 atom stereocenters. The first-order valence-electron chi connectivity index (χ1n) is 11.5. The number of hydrazone groups is 1. The molecule has 0 aliphatic carbocycles. The van der Waals surface area contributed by atoms with Crippen LogP contribution in [0.1, 0.15) is 15.9 Å². The number of carbonyl (C=O) groups is 1. The fourth-order valence-electron chi connectivity index (χ4n) is 4.08. The number of aromatic nitrogens is 1. The van der Waals surface area contributed by atoms with Crippen LogP contribution >= 0.6 is 34.2 Å². The van der Waals surface area contributed by atoms with Crippen LogP contribution in [0.2, 0.25) is 5.02 Å². The standard InChI is InChI=1S/C30H21ClIN3O2/c31-24-12-14-25(15-13-24)35-27(20-7-3-1-4-8-20)17-23(29(35)21-9-5-2-6-10-21)19-33-34-30(37)22-11-16-26(32)28(36)18-22/h1-19,36H,(H,34,37)/b33-19-. The summed E-state index contributed by atoms with van der Waals surface area (Å²) in [5, 5.41) is 14.9. The molecule has 2 N–H and O–H groups in total. The normalized spacial score (nSPS) is 11.1. The Hall–Kier alpha value is -3.88. The smallest absolute Gasteiger partial charge is 0.271 e. The van der Waals surface area contributed by atoms with Crippen LogP contribution < -0.4 is 5.43 Å². The van der Waals surface area contributed by atoms with Crippen molar-refractivity contribution in [3.63, 3.8) is 0 Å². The Kier molecular flexibility index (Phi) is 7.39. The van der Waals surface area contributed by atoms with Gasteiger partial charge in [-0.25, -0.2) is 5.43 Å². The Bertz CT molecular complexity index is 1580. The summed E-state index contributed by atoms with van der Waals surface area (Å²) in [5.74, 6) is -0.360. The van der Waals surface area contributed by atoms with Crippen LogP contribution in [0.4, 0.5) is 0 Å². The van der Waals surface area contributed by atoms with Crippen molar-refractivity contribution in [1.82, 2.24) is 9.99 Å². The maximum absolute atomic E-state index is 12.6. The van der Waals surface area contributed by atoms with Crippen molar-refractivity contribution in [3.8, 4) is 34.0 Å². The van der Waals surface area contributed by atoms with Crippen molar-refractivity contribution >= 4 is 46.3 Å². The third-order valence-corrected chi connectivity index (χ3v) is 6.97. The number of nitrogens with zero attached hydrogens (tertiary/aromatic N) is 2. The van der Waals surface area contributed by atoms with Gasteiger partial charge in [0.25, 0.3) is 5.91 Å². The summed E-state index contributed by atoms with van der Waals surface area (Å²) < 4.78 is 2.84. The van der Waals surface area contributed by atoms with E-state index in [0.717, 1.165) is 33.8 Å². The molecule has 0 aliphatic rings. The Labute approximate surface area is 233 Å². The highest BCUT2D eigenvalue weighted by molar-refractivity contribution is 14.1. The zero-order valence-corrected chi connectivity index (χ0v) is 22.4. The third-order valence-electron chi connectivity index (χ3n) is 5.81. The van der Waals surface area contributed by atoms with Gasteiger partial charge in [0.2, 0.25) is 0 Å². The number of amides is 1. The predicted octanol–water partition coefficient (Wildman–Crippen LogP) is 7.54. The minimum Gasteiger partial charge on any atom is -0.507 e. The zero-order chi connectivity index (χ0) is 25.8. The van der Waals surface area contributed by atoms with Crippen LogP contribution in [0.5, 0.6) is 5.75 Å². The summed E-state index contributed by atoms with van der Waals surface area (Å²) in [6, 6.07) is 34.6. The Morgan fingerprint density at radius 3 is 2.16 bits per heavy atom. The van der Waals surface area contributed by atoms with E-state index in [1.807, 2.05) is 95.4 Å². The number of aromatic hydroxyl groups is 1. The van der Waals surface area contributed by atoms with Crippen LogP contribution in [0.15, 0.2) is 114 Å². The summed E-state index contributed by atoms with van der Waals surface area (Å²) in [4.78, 5) is 12.6. The van der Waals surface area contributed by atoms with E-state index in [2.05, 4.69) is 33.3 Å². The lowest BCUT2D eigenvalue weighted by molar-refractivity contribution is 0.0954. The van der Waals surface area contributed by atoms with Gasteiger partial charge in [0.1, 0.15) is 5.75 Å². The van der Waals surface area contributed by atoms with E-state index in [-0.39, 0.29) is 5.75 Å². The lowest BCUT2D eigenvalue weighted by Gasteiger charge is -2.15. The highest BCUT2D eigenvalue weighted by Gasteiger charge is 2.19. The summed E-state index contributed by atoms with van der Waals surface area (Å²) in [7, 11) is 0. The quantitative estimate of drug-likeness (QED) is 0.117. The molecule has 0 aliphatic heterocycles. The molecule has 7 heteroatoms. The monoisotopic (exact) mass is 617 g/mol. The van der Waals surface area contributed by atoms with Crippen molar-refractivity contribution < 1.29 is 9.90 Å². The molecule has 37 heavy (non-hydrogen) atoms. The van der Waals surface area contributed by atoms with Gasteiger partial charge in [-0.1, -0.05) is 72.3 Å². The Morgan fingerprint density at radius 1 is 0.865 bits per heavy atom. The summed E-state index contributed by atoms with van der Waals surface area (Å²) in [6.07, 6.45) is 1.64. The number of benzene rings is 4.